The fraction of sp³-hybridized carbons (Fsp3) is 0.312. The van der Waals surface area contributed by atoms with Crippen molar-refractivity contribution in [2.45, 2.75) is 43.9 Å². The molecule has 4 bridgehead atoms. The first-order valence-corrected chi connectivity index (χ1v) is 15.2. The molecule has 0 saturated heterocycles. The minimum absolute atomic E-state index is 0.110. The number of nitrogens with zero attached hydrogens (tertiary/aromatic N) is 2. The zero-order chi connectivity index (χ0) is 28.3. The van der Waals surface area contributed by atoms with Crippen molar-refractivity contribution in [3.05, 3.63) is 97.1 Å². The summed E-state index contributed by atoms with van der Waals surface area (Å²) in [6.45, 7) is 0. The minimum Gasteiger partial charge on any atom is -0.493 e. The number of benzene rings is 3. The molecule has 3 aromatic carbocycles. The first kappa shape index (κ1) is 26.3. The van der Waals surface area contributed by atoms with Gasteiger partial charge in [0.25, 0.3) is 5.56 Å². The summed E-state index contributed by atoms with van der Waals surface area (Å²) in [5.74, 6) is 1.94. The van der Waals surface area contributed by atoms with Gasteiger partial charge in [-0.3, -0.25) is 9.78 Å². The number of aliphatic imine (C=N–C) groups is 1. The van der Waals surface area contributed by atoms with E-state index < -0.39 is 17.1 Å². The molecule has 41 heavy (non-hydrogen) atoms. The molecule has 0 aliphatic heterocycles. The standard InChI is InChI=1S/C32H29BrN4O3S/c33-25-13-22(32-14-18-10-19(15-32)12-20(11-18)16-32)8-9-27(25)37-29(39)24(28(38)36-31(37)40)17-34-30(41)35-26-7-3-5-21-4-1-2-6-23(21)26/h1-9,13,17-20,39H,10-12,14-16H2,(H,35,41)(H,36,38,40). The largest absolute Gasteiger partial charge is 0.493 e. The molecular weight excluding hydrogens is 600 g/mol. The lowest BCUT2D eigenvalue weighted by molar-refractivity contribution is -0.00521. The number of anilines is 1. The molecule has 3 N–H and O–H groups in total. The zero-order valence-corrected chi connectivity index (χ0v) is 24.7. The van der Waals surface area contributed by atoms with Crippen LogP contribution < -0.4 is 16.6 Å². The van der Waals surface area contributed by atoms with E-state index >= 15 is 0 Å². The molecule has 0 amide bonds. The molecule has 1 heterocycles. The lowest BCUT2D eigenvalue weighted by Crippen LogP contribution is -2.48. The summed E-state index contributed by atoms with van der Waals surface area (Å²) in [5, 5.41) is 16.4. The smallest absolute Gasteiger partial charge is 0.335 e. The minimum atomic E-state index is -0.748. The highest BCUT2D eigenvalue weighted by atomic mass is 79.9. The second-order valence-corrected chi connectivity index (χ2v) is 13.2. The van der Waals surface area contributed by atoms with Crippen LogP contribution in [0.2, 0.25) is 0 Å². The highest BCUT2D eigenvalue weighted by Gasteiger charge is 2.51. The topological polar surface area (TPSA) is 99.5 Å². The molecule has 0 unspecified atom stereocenters. The van der Waals surface area contributed by atoms with Crippen molar-refractivity contribution in [2.75, 3.05) is 5.32 Å². The van der Waals surface area contributed by atoms with Crippen molar-refractivity contribution < 1.29 is 5.11 Å². The molecule has 4 aliphatic carbocycles. The van der Waals surface area contributed by atoms with Crippen LogP contribution in [0.3, 0.4) is 0 Å². The highest BCUT2D eigenvalue weighted by Crippen LogP contribution is 2.61. The van der Waals surface area contributed by atoms with Gasteiger partial charge in [0, 0.05) is 21.8 Å². The van der Waals surface area contributed by atoms with Gasteiger partial charge in [0.2, 0.25) is 5.88 Å². The van der Waals surface area contributed by atoms with E-state index in [1.165, 1.54) is 50.3 Å². The Morgan fingerprint density at radius 1 is 1.02 bits per heavy atom. The van der Waals surface area contributed by atoms with Gasteiger partial charge in [-0.15, -0.1) is 0 Å². The van der Waals surface area contributed by atoms with E-state index in [4.69, 9.17) is 12.2 Å². The van der Waals surface area contributed by atoms with Crippen molar-refractivity contribution in [1.82, 2.24) is 9.55 Å². The molecule has 4 aromatic rings. The summed E-state index contributed by atoms with van der Waals surface area (Å²) < 4.78 is 1.78. The van der Waals surface area contributed by atoms with Crippen LogP contribution in [-0.2, 0) is 5.41 Å². The number of halogens is 1. The van der Waals surface area contributed by atoms with Crippen molar-refractivity contribution in [3.63, 3.8) is 0 Å². The average Bonchev–Trinajstić information content (AvgIpc) is 2.93. The Bertz CT molecular complexity index is 1820. The number of rotatable bonds is 4. The lowest BCUT2D eigenvalue weighted by atomic mass is 9.48. The van der Waals surface area contributed by atoms with Crippen LogP contribution >= 0.6 is 28.1 Å². The molecule has 0 spiro atoms. The second kappa shape index (κ2) is 10.1. The molecule has 9 heteroatoms. The number of nitrogens with one attached hydrogen (secondary N) is 2. The number of aromatic hydroxyl groups is 1. The van der Waals surface area contributed by atoms with Crippen LogP contribution in [0.15, 0.2) is 79.7 Å². The van der Waals surface area contributed by atoms with Gasteiger partial charge in [0.1, 0.15) is 5.56 Å². The van der Waals surface area contributed by atoms with Crippen LogP contribution in [0.25, 0.3) is 16.5 Å². The van der Waals surface area contributed by atoms with Crippen molar-refractivity contribution in [3.8, 4) is 11.6 Å². The van der Waals surface area contributed by atoms with Crippen molar-refractivity contribution in [1.29, 1.82) is 0 Å². The second-order valence-electron chi connectivity index (χ2n) is 11.9. The Morgan fingerprint density at radius 3 is 2.41 bits per heavy atom. The third-order valence-electron chi connectivity index (χ3n) is 9.30. The molecule has 4 saturated carbocycles. The Balaban J connectivity index is 1.19. The van der Waals surface area contributed by atoms with Crippen LogP contribution in [0.1, 0.15) is 49.7 Å². The van der Waals surface area contributed by atoms with Crippen LogP contribution in [0.5, 0.6) is 5.88 Å². The van der Waals surface area contributed by atoms with E-state index in [9.17, 15) is 14.7 Å². The quantitative estimate of drug-likeness (QED) is 0.179. The number of fused-ring (bicyclic) bond motifs is 1. The molecular formula is C32H29BrN4O3S. The van der Waals surface area contributed by atoms with Gasteiger partial charge in [-0.05, 0) is 119 Å². The maximum atomic E-state index is 12.9. The maximum Gasteiger partial charge on any atom is 0.335 e. The van der Waals surface area contributed by atoms with Crippen molar-refractivity contribution in [2.24, 2.45) is 22.7 Å². The van der Waals surface area contributed by atoms with Crippen LogP contribution in [0.4, 0.5) is 5.69 Å². The van der Waals surface area contributed by atoms with Crippen LogP contribution in [0, 0.1) is 17.8 Å². The summed E-state index contributed by atoms with van der Waals surface area (Å²) in [4.78, 5) is 32.1. The molecule has 8 rings (SSSR count). The summed E-state index contributed by atoms with van der Waals surface area (Å²) >= 11 is 9.07. The Labute approximate surface area is 250 Å². The number of hydrogen-bond acceptors (Lipinski definition) is 4. The zero-order valence-electron chi connectivity index (χ0n) is 22.3. The number of aromatic nitrogens is 2. The number of aromatic amines is 1. The number of hydrogen-bond donors (Lipinski definition) is 3. The summed E-state index contributed by atoms with van der Waals surface area (Å²) in [6.07, 6.45) is 8.95. The maximum absolute atomic E-state index is 12.9. The molecule has 1 aromatic heterocycles. The summed E-state index contributed by atoms with van der Waals surface area (Å²) in [6, 6.07) is 19.7. The third kappa shape index (κ3) is 4.65. The van der Waals surface area contributed by atoms with Gasteiger partial charge >= 0.3 is 5.69 Å². The van der Waals surface area contributed by atoms with Gasteiger partial charge < -0.3 is 10.4 Å². The molecule has 0 atom stereocenters. The molecule has 0 radical (unpaired) electrons. The lowest BCUT2D eigenvalue weighted by Gasteiger charge is -2.57. The Kier molecular flexibility index (Phi) is 6.47. The summed E-state index contributed by atoms with van der Waals surface area (Å²) in [5.41, 5.74) is 1.06. The van der Waals surface area contributed by atoms with Gasteiger partial charge in [-0.2, -0.15) is 0 Å². The van der Waals surface area contributed by atoms with E-state index in [2.05, 4.69) is 43.4 Å². The molecule has 208 valence electrons. The van der Waals surface area contributed by atoms with E-state index in [1.807, 2.05) is 48.5 Å². The average molecular weight is 630 g/mol. The first-order chi connectivity index (χ1) is 19.8. The predicted molar refractivity (Wildman–Crippen MR) is 170 cm³/mol. The normalized spacial score (nSPS) is 24.8. The first-order valence-electron chi connectivity index (χ1n) is 14.0. The van der Waals surface area contributed by atoms with Crippen molar-refractivity contribution >= 4 is 55.9 Å². The third-order valence-corrected chi connectivity index (χ3v) is 10.1. The molecule has 7 nitrogen and oxygen atoms in total. The monoisotopic (exact) mass is 628 g/mol. The Hall–Kier alpha value is -3.56. The van der Waals surface area contributed by atoms with E-state index in [1.54, 1.807) is 0 Å². The predicted octanol–water partition coefficient (Wildman–Crippen LogP) is 6.43. The molecule has 4 fully saturated rings. The van der Waals surface area contributed by atoms with Gasteiger partial charge in [-0.1, -0.05) is 42.5 Å². The fourth-order valence-electron chi connectivity index (χ4n) is 7.97. The number of thiocarbonyl (C=S) groups is 1. The van der Waals surface area contributed by atoms with E-state index in [-0.39, 0.29) is 16.1 Å². The van der Waals surface area contributed by atoms with E-state index in [0.29, 0.717) is 10.2 Å². The van der Waals surface area contributed by atoms with E-state index in [0.717, 1.165) is 38.8 Å². The highest BCUT2D eigenvalue weighted by molar-refractivity contribution is 9.10. The SMILES string of the molecule is O=c1[nH]c(=O)n(-c2ccc(C34CC5CC(CC(C5)C3)C4)cc2Br)c(O)c1C=NC(=S)Nc1cccc2ccccc12. The number of H-pyrrole nitrogens is 1. The molecule has 4 aliphatic rings. The van der Waals surface area contributed by atoms with Gasteiger partial charge in [-0.25, -0.2) is 14.4 Å². The fourth-order valence-corrected chi connectivity index (χ4v) is 8.68. The van der Waals surface area contributed by atoms with Gasteiger partial charge in [0.15, 0.2) is 5.11 Å². The summed E-state index contributed by atoms with van der Waals surface area (Å²) in [7, 11) is 0. The Morgan fingerprint density at radius 2 is 1.71 bits per heavy atom. The van der Waals surface area contributed by atoms with Crippen LogP contribution in [-0.4, -0.2) is 26.0 Å². The van der Waals surface area contributed by atoms with Gasteiger partial charge in [0.05, 0.1) is 5.69 Å².